The van der Waals surface area contributed by atoms with E-state index in [1.807, 2.05) is 0 Å². The molecule has 124 valence electrons. The Morgan fingerprint density at radius 3 is 2.67 bits per heavy atom. The van der Waals surface area contributed by atoms with Crippen LogP contribution in [0.25, 0.3) is 0 Å². The lowest BCUT2D eigenvalue weighted by Crippen LogP contribution is -2.51. The predicted octanol–water partition coefficient (Wildman–Crippen LogP) is 2.82. The van der Waals surface area contributed by atoms with Gasteiger partial charge in [-0.15, -0.1) is 0 Å². The second-order valence-electron chi connectivity index (χ2n) is 8.35. The molecule has 3 unspecified atom stereocenters. The number of nitrogens with zero attached hydrogens (tertiary/aromatic N) is 2. The van der Waals surface area contributed by atoms with Gasteiger partial charge in [0, 0.05) is 25.2 Å². The van der Waals surface area contributed by atoms with E-state index in [1.165, 1.54) is 51.7 Å². The largest absolute Gasteiger partial charge is 0.314 e. The van der Waals surface area contributed by atoms with E-state index in [1.54, 1.807) is 0 Å². The third kappa shape index (κ3) is 4.94. The Balaban J connectivity index is 1.93. The minimum Gasteiger partial charge on any atom is -0.314 e. The van der Waals surface area contributed by atoms with Gasteiger partial charge in [0.1, 0.15) is 0 Å². The monoisotopic (exact) mass is 295 g/mol. The fourth-order valence-electron chi connectivity index (χ4n) is 4.41. The minimum atomic E-state index is 0.535. The first-order valence-corrected chi connectivity index (χ1v) is 9.03. The highest BCUT2D eigenvalue weighted by atomic mass is 15.2. The van der Waals surface area contributed by atoms with Gasteiger partial charge >= 0.3 is 0 Å². The van der Waals surface area contributed by atoms with Crippen molar-refractivity contribution >= 4 is 0 Å². The van der Waals surface area contributed by atoms with Crippen LogP contribution in [0.5, 0.6) is 0 Å². The molecule has 1 aliphatic carbocycles. The Bertz CT molecular complexity index is 314. The summed E-state index contributed by atoms with van der Waals surface area (Å²) >= 11 is 0. The molecule has 1 heterocycles. The van der Waals surface area contributed by atoms with Gasteiger partial charge in [0.25, 0.3) is 0 Å². The molecule has 2 fully saturated rings. The summed E-state index contributed by atoms with van der Waals surface area (Å²) in [5, 5.41) is 3.76. The lowest BCUT2D eigenvalue weighted by molar-refractivity contribution is 0.0701. The number of hydrogen-bond donors (Lipinski definition) is 1. The standard InChI is InChI=1S/C18H37N3/c1-6-19-17-9-10-18(2,3)12-15(17)13-21-11-7-8-16(14-21)20(4)5/h15-17,19H,6-14H2,1-5H3. The second-order valence-corrected chi connectivity index (χ2v) is 8.35. The fraction of sp³-hybridized carbons (Fsp3) is 1.00. The molecule has 0 aromatic heterocycles. The molecular weight excluding hydrogens is 258 g/mol. The van der Waals surface area contributed by atoms with Crippen LogP contribution in [0.15, 0.2) is 0 Å². The lowest BCUT2D eigenvalue weighted by Gasteiger charge is -2.45. The predicted molar refractivity (Wildman–Crippen MR) is 91.7 cm³/mol. The molecule has 0 bridgehead atoms. The summed E-state index contributed by atoms with van der Waals surface area (Å²) in [6, 6.07) is 1.50. The quantitative estimate of drug-likeness (QED) is 0.841. The van der Waals surface area contributed by atoms with E-state index < -0.39 is 0 Å². The van der Waals surface area contributed by atoms with Crippen LogP contribution in [-0.2, 0) is 0 Å². The number of piperidine rings is 1. The number of likely N-dealkylation sites (tertiary alicyclic amines) is 1. The molecule has 21 heavy (non-hydrogen) atoms. The summed E-state index contributed by atoms with van der Waals surface area (Å²) < 4.78 is 0. The molecule has 0 spiro atoms. The first-order valence-electron chi connectivity index (χ1n) is 9.03. The molecular formula is C18H37N3. The SMILES string of the molecule is CCNC1CCC(C)(C)CC1CN1CCCC(N(C)C)C1. The van der Waals surface area contributed by atoms with Crippen LogP contribution in [0, 0.1) is 11.3 Å². The van der Waals surface area contributed by atoms with Crippen molar-refractivity contribution in [1.29, 1.82) is 0 Å². The second kappa shape index (κ2) is 7.43. The van der Waals surface area contributed by atoms with Crippen LogP contribution >= 0.6 is 0 Å². The first-order chi connectivity index (χ1) is 9.91. The van der Waals surface area contributed by atoms with Crippen LogP contribution in [0.1, 0.15) is 52.9 Å². The smallest absolute Gasteiger partial charge is 0.0217 e. The molecule has 1 saturated heterocycles. The highest BCUT2D eigenvalue weighted by Crippen LogP contribution is 2.39. The van der Waals surface area contributed by atoms with Gasteiger partial charge in [-0.3, -0.25) is 0 Å². The molecule has 3 atom stereocenters. The first kappa shape index (κ1) is 17.2. The summed E-state index contributed by atoms with van der Waals surface area (Å²) in [5.74, 6) is 0.828. The van der Waals surface area contributed by atoms with Gasteiger partial charge in [-0.05, 0) is 70.6 Å². The lowest BCUT2D eigenvalue weighted by atomic mass is 9.69. The summed E-state index contributed by atoms with van der Waals surface area (Å²) in [5.41, 5.74) is 0.535. The van der Waals surface area contributed by atoms with Crippen LogP contribution in [0.2, 0.25) is 0 Å². The summed E-state index contributed by atoms with van der Waals surface area (Å²) in [7, 11) is 4.47. The van der Waals surface area contributed by atoms with E-state index in [0.29, 0.717) is 5.41 Å². The maximum Gasteiger partial charge on any atom is 0.0217 e. The maximum atomic E-state index is 3.76. The van der Waals surface area contributed by atoms with Crippen LogP contribution in [-0.4, -0.2) is 62.2 Å². The fourth-order valence-corrected chi connectivity index (χ4v) is 4.41. The Labute approximate surface area is 132 Å². The van der Waals surface area contributed by atoms with Gasteiger partial charge in [0.15, 0.2) is 0 Å². The highest BCUT2D eigenvalue weighted by Gasteiger charge is 2.36. The van der Waals surface area contributed by atoms with Crippen molar-refractivity contribution < 1.29 is 0 Å². The molecule has 0 radical (unpaired) electrons. The molecule has 1 aliphatic heterocycles. The normalized spacial score (nSPS) is 34.3. The number of rotatable bonds is 5. The van der Waals surface area contributed by atoms with Crippen LogP contribution in [0.4, 0.5) is 0 Å². The average molecular weight is 296 g/mol. The molecule has 0 aromatic carbocycles. The van der Waals surface area contributed by atoms with E-state index in [-0.39, 0.29) is 0 Å². The van der Waals surface area contributed by atoms with Crippen molar-refractivity contribution in [1.82, 2.24) is 15.1 Å². The third-order valence-corrected chi connectivity index (χ3v) is 5.69. The van der Waals surface area contributed by atoms with Crippen molar-refractivity contribution in [2.45, 2.75) is 65.0 Å². The van der Waals surface area contributed by atoms with Gasteiger partial charge in [-0.1, -0.05) is 20.8 Å². The zero-order valence-corrected chi connectivity index (χ0v) is 15.0. The van der Waals surface area contributed by atoms with Crippen molar-refractivity contribution in [3.8, 4) is 0 Å². The molecule has 2 rings (SSSR count). The van der Waals surface area contributed by atoms with E-state index >= 15 is 0 Å². The van der Waals surface area contributed by atoms with Gasteiger partial charge in [-0.2, -0.15) is 0 Å². The van der Waals surface area contributed by atoms with E-state index in [2.05, 4.69) is 50.0 Å². The third-order valence-electron chi connectivity index (χ3n) is 5.69. The molecule has 3 heteroatoms. The number of nitrogens with one attached hydrogen (secondary N) is 1. The van der Waals surface area contributed by atoms with Gasteiger partial charge in [-0.25, -0.2) is 0 Å². The Morgan fingerprint density at radius 2 is 2.00 bits per heavy atom. The van der Waals surface area contributed by atoms with Crippen molar-refractivity contribution in [2.24, 2.45) is 11.3 Å². The molecule has 1 N–H and O–H groups in total. The summed E-state index contributed by atoms with van der Waals surface area (Å²) in [6.07, 6.45) is 6.85. The molecule has 3 nitrogen and oxygen atoms in total. The van der Waals surface area contributed by atoms with Gasteiger partial charge < -0.3 is 15.1 Å². The zero-order valence-electron chi connectivity index (χ0n) is 15.0. The van der Waals surface area contributed by atoms with Crippen molar-refractivity contribution in [2.75, 3.05) is 40.3 Å². The number of hydrogen-bond acceptors (Lipinski definition) is 3. The van der Waals surface area contributed by atoms with E-state index in [0.717, 1.165) is 24.5 Å². The van der Waals surface area contributed by atoms with E-state index in [9.17, 15) is 0 Å². The van der Waals surface area contributed by atoms with Gasteiger partial charge in [0.2, 0.25) is 0 Å². The highest BCUT2D eigenvalue weighted by molar-refractivity contribution is 4.91. The number of likely N-dealkylation sites (N-methyl/N-ethyl adjacent to an activating group) is 1. The molecule has 2 aliphatic rings. The summed E-state index contributed by atoms with van der Waals surface area (Å²) in [4.78, 5) is 5.16. The Morgan fingerprint density at radius 1 is 1.24 bits per heavy atom. The average Bonchev–Trinajstić information content (AvgIpc) is 2.42. The summed E-state index contributed by atoms with van der Waals surface area (Å²) in [6.45, 7) is 12.2. The van der Waals surface area contributed by atoms with E-state index in [4.69, 9.17) is 0 Å². The molecule has 1 saturated carbocycles. The van der Waals surface area contributed by atoms with Crippen LogP contribution in [0.3, 0.4) is 0 Å². The Kier molecular flexibility index (Phi) is 6.10. The Hall–Kier alpha value is -0.120. The molecule has 0 aromatic rings. The minimum absolute atomic E-state index is 0.535. The topological polar surface area (TPSA) is 18.5 Å². The maximum absolute atomic E-state index is 3.76. The van der Waals surface area contributed by atoms with Crippen LogP contribution < -0.4 is 5.32 Å². The van der Waals surface area contributed by atoms with Gasteiger partial charge in [0.05, 0.1) is 0 Å². The zero-order chi connectivity index (χ0) is 15.5. The van der Waals surface area contributed by atoms with Crippen molar-refractivity contribution in [3.63, 3.8) is 0 Å². The van der Waals surface area contributed by atoms with Crippen molar-refractivity contribution in [3.05, 3.63) is 0 Å². The molecule has 0 amide bonds.